The van der Waals surface area contributed by atoms with E-state index in [2.05, 4.69) is 4.36 Å². The Morgan fingerprint density at radius 1 is 1.50 bits per heavy atom. The monoisotopic (exact) mass is 337 g/mol. The van der Waals surface area contributed by atoms with E-state index in [0.29, 0.717) is 23.7 Å². The van der Waals surface area contributed by atoms with E-state index in [1.54, 1.807) is 18.2 Å². The van der Waals surface area contributed by atoms with Crippen molar-refractivity contribution < 1.29 is 9.00 Å². The zero-order valence-electron chi connectivity index (χ0n) is 11.2. The Morgan fingerprint density at radius 2 is 2.15 bits per heavy atom. The molecular weight excluding hydrogens is 321 g/mol. The number of rotatable bonds is 0. The van der Waals surface area contributed by atoms with Gasteiger partial charge < -0.3 is 5.73 Å². The average Bonchev–Trinajstić information content (AvgIpc) is 2.27. The summed E-state index contributed by atoms with van der Waals surface area (Å²) in [5.74, 6) is 0. The van der Waals surface area contributed by atoms with Gasteiger partial charge in [0.25, 0.3) is 0 Å². The quantitative estimate of drug-likeness (QED) is 0.790. The molecule has 1 unspecified atom stereocenters. The minimum Gasteiger partial charge on any atom is -0.324 e. The number of carbonyl (C=O) groups excluding carboxylic acids is 1. The standard InChI is InChI=1S/C12H16ClN3O2S.ClH/c1-19(2,18)15-12(17)16-6-5-10(14)9-7-8(13)3-4-11(9)16;/h3-4,7,10H,5-6,14H2,1-2H3;1H. The fourth-order valence-electron chi connectivity index (χ4n) is 2.05. The normalized spacial score (nSPS) is 18.0. The van der Waals surface area contributed by atoms with E-state index in [1.807, 2.05) is 0 Å². The van der Waals surface area contributed by atoms with Gasteiger partial charge in [0.2, 0.25) is 0 Å². The Hall–Kier alpha value is -0.820. The average molecular weight is 338 g/mol. The van der Waals surface area contributed by atoms with Crippen LogP contribution in [-0.2, 0) is 9.73 Å². The molecule has 8 heteroatoms. The maximum atomic E-state index is 12.1. The van der Waals surface area contributed by atoms with Crippen molar-refractivity contribution in [3.05, 3.63) is 28.8 Å². The molecule has 1 heterocycles. The molecule has 0 aromatic heterocycles. The summed E-state index contributed by atoms with van der Waals surface area (Å²) in [6.45, 7) is 0.466. The van der Waals surface area contributed by atoms with Crippen molar-refractivity contribution in [3.8, 4) is 0 Å². The van der Waals surface area contributed by atoms with E-state index in [-0.39, 0.29) is 18.4 Å². The lowest BCUT2D eigenvalue weighted by Gasteiger charge is -2.31. The van der Waals surface area contributed by atoms with Gasteiger partial charge in [-0.3, -0.25) is 4.90 Å². The summed E-state index contributed by atoms with van der Waals surface area (Å²) in [6.07, 6.45) is 3.50. The Morgan fingerprint density at radius 3 is 2.75 bits per heavy atom. The van der Waals surface area contributed by atoms with E-state index in [4.69, 9.17) is 17.3 Å². The first-order valence-corrected chi connectivity index (χ1v) is 8.52. The molecule has 0 fully saturated rings. The van der Waals surface area contributed by atoms with E-state index in [0.717, 1.165) is 5.56 Å². The van der Waals surface area contributed by atoms with Crippen LogP contribution in [-0.4, -0.2) is 29.3 Å². The predicted molar refractivity (Wildman–Crippen MR) is 85.4 cm³/mol. The summed E-state index contributed by atoms with van der Waals surface area (Å²) in [7, 11) is -2.47. The number of anilines is 1. The van der Waals surface area contributed by atoms with Crippen LogP contribution in [0.5, 0.6) is 0 Å². The second-order valence-electron chi connectivity index (χ2n) is 4.81. The molecule has 2 rings (SSSR count). The molecule has 112 valence electrons. The number of benzene rings is 1. The van der Waals surface area contributed by atoms with Gasteiger partial charge in [-0.15, -0.1) is 16.8 Å². The van der Waals surface area contributed by atoms with Crippen molar-refractivity contribution in [2.45, 2.75) is 12.5 Å². The molecule has 1 aromatic rings. The molecule has 0 saturated carbocycles. The summed E-state index contributed by atoms with van der Waals surface area (Å²) in [6, 6.07) is 4.57. The minimum atomic E-state index is -2.47. The fourth-order valence-corrected chi connectivity index (χ4v) is 2.70. The smallest absolute Gasteiger partial charge is 0.324 e. The Bertz CT molecular complexity index is 634. The highest BCUT2D eigenvalue weighted by molar-refractivity contribution is 7.92. The highest BCUT2D eigenvalue weighted by Crippen LogP contribution is 2.34. The minimum absolute atomic E-state index is 0. The van der Waals surface area contributed by atoms with Gasteiger partial charge in [0.1, 0.15) is 0 Å². The summed E-state index contributed by atoms with van der Waals surface area (Å²) in [4.78, 5) is 13.6. The van der Waals surface area contributed by atoms with Gasteiger partial charge in [0, 0.05) is 30.1 Å². The van der Waals surface area contributed by atoms with Crippen LogP contribution in [0, 0.1) is 0 Å². The number of halogens is 2. The molecule has 1 atom stereocenters. The number of amides is 2. The van der Waals surface area contributed by atoms with Crippen molar-refractivity contribution in [2.24, 2.45) is 10.1 Å². The van der Waals surface area contributed by atoms with E-state index < -0.39 is 15.8 Å². The molecule has 20 heavy (non-hydrogen) atoms. The predicted octanol–water partition coefficient (Wildman–Crippen LogP) is 2.82. The highest BCUT2D eigenvalue weighted by Gasteiger charge is 2.27. The summed E-state index contributed by atoms with van der Waals surface area (Å²) < 4.78 is 15.3. The molecule has 0 bridgehead atoms. The van der Waals surface area contributed by atoms with Gasteiger partial charge in [-0.05, 0) is 30.2 Å². The molecule has 0 radical (unpaired) electrons. The molecular formula is C12H17Cl2N3O2S. The van der Waals surface area contributed by atoms with Crippen molar-refractivity contribution in [3.63, 3.8) is 0 Å². The molecule has 1 aliphatic rings. The Kier molecular flexibility index (Phi) is 5.43. The number of hydrogen-bond donors (Lipinski definition) is 1. The van der Waals surface area contributed by atoms with Crippen LogP contribution >= 0.6 is 24.0 Å². The molecule has 0 aliphatic carbocycles. The largest absolute Gasteiger partial charge is 0.356 e. The zero-order chi connectivity index (χ0) is 14.2. The van der Waals surface area contributed by atoms with Gasteiger partial charge in [-0.25, -0.2) is 9.00 Å². The maximum absolute atomic E-state index is 12.1. The first kappa shape index (κ1) is 17.2. The van der Waals surface area contributed by atoms with Crippen LogP contribution < -0.4 is 10.6 Å². The second-order valence-corrected chi connectivity index (χ2v) is 7.79. The lowest BCUT2D eigenvalue weighted by molar-refractivity contribution is 0.254. The molecule has 0 saturated heterocycles. The fraction of sp³-hybridized carbons (Fsp3) is 0.417. The van der Waals surface area contributed by atoms with Crippen LogP contribution in [0.3, 0.4) is 0 Å². The Balaban J connectivity index is 0.00000200. The summed E-state index contributed by atoms with van der Waals surface area (Å²) in [5.41, 5.74) is 7.54. The number of nitrogens with zero attached hydrogens (tertiary/aromatic N) is 2. The molecule has 0 spiro atoms. The summed E-state index contributed by atoms with van der Waals surface area (Å²) in [5, 5.41) is 0.579. The number of hydrogen-bond acceptors (Lipinski definition) is 3. The molecule has 1 aliphatic heterocycles. The molecule has 5 nitrogen and oxygen atoms in total. The third kappa shape index (κ3) is 3.85. The van der Waals surface area contributed by atoms with Gasteiger partial charge >= 0.3 is 6.03 Å². The van der Waals surface area contributed by atoms with E-state index in [1.165, 1.54) is 17.4 Å². The molecule has 2 amide bonds. The first-order valence-electron chi connectivity index (χ1n) is 5.81. The molecule has 2 N–H and O–H groups in total. The van der Waals surface area contributed by atoms with E-state index in [9.17, 15) is 9.00 Å². The summed E-state index contributed by atoms with van der Waals surface area (Å²) >= 11 is 5.95. The highest BCUT2D eigenvalue weighted by atomic mass is 35.5. The third-order valence-electron chi connectivity index (χ3n) is 2.87. The zero-order valence-corrected chi connectivity index (χ0v) is 13.6. The maximum Gasteiger partial charge on any atom is 0.356 e. The second kappa shape index (κ2) is 6.30. The first-order chi connectivity index (χ1) is 8.78. The van der Waals surface area contributed by atoms with Crippen LogP contribution in [0.15, 0.2) is 22.6 Å². The number of carbonyl (C=O) groups is 1. The van der Waals surface area contributed by atoms with E-state index >= 15 is 0 Å². The topological polar surface area (TPSA) is 75.8 Å². The number of nitrogens with two attached hydrogens (primary N) is 1. The van der Waals surface area contributed by atoms with Crippen molar-refractivity contribution in [1.29, 1.82) is 0 Å². The third-order valence-corrected chi connectivity index (χ3v) is 3.70. The Labute approximate surface area is 130 Å². The van der Waals surface area contributed by atoms with Crippen molar-refractivity contribution in [1.82, 2.24) is 0 Å². The van der Waals surface area contributed by atoms with Crippen LogP contribution in [0.1, 0.15) is 18.0 Å². The SMILES string of the molecule is CS(C)(=O)=NC(=O)N1CCC(N)c2cc(Cl)ccc21.Cl. The van der Waals surface area contributed by atoms with Gasteiger partial charge in [-0.2, -0.15) is 0 Å². The number of urea groups is 1. The van der Waals surface area contributed by atoms with Gasteiger partial charge in [-0.1, -0.05) is 11.6 Å². The van der Waals surface area contributed by atoms with Crippen molar-refractivity contribution in [2.75, 3.05) is 24.0 Å². The molecule has 1 aromatic carbocycles. The lowest BCUT2D eigenvalue weighted by Crippen LogP contribution is -2.37. The van der Waals surface area contributed by atoms with Gasteiger partial charge in [0.05, 0.1) is 15.4 Å². The van der Waals surface area contributed by atoms with Crippen LogP contribution in [0.2, 0.25) is 5.02 Å². The lowest BCUT2D eigenvalue weighted by atomic mass is 9.97. The van der Waals surface area contributed by atoms with Gasteiger partial charge in [0.15, 0.2) is 0 Å². The van der Waals surface area contributed by atoms with Crippen LogP contribution in [0.25, 0.3) is 0 Å². The number of fused-ring (bicyclic) bond motifs is 1. The van der Waals surface area contributed by atoms with Crippen molar-refractivity contribution >= 4 is 45.5 Å². The van der Waals surface area contributed by atoms with Crippen LogP contribution in [0.4, 0.5) is 10.5 Å².